The molecule has 0 aliphatic heterocycles. The van der Waals surface area contributed by atoms with Crippen molar-refractivity contribution in [2.75, 3.05) is 0 Å². The lowest BCUT2D eigenvalue weighted by Crippen LogP contribution is -2.52. The number of nitrogens with zero attached hydrogens (tertiary/aromatic N) is 1. The van der Waals surface area contributed by atoms with Gasteiger partial charge in [-0.25, -0.2) is 4.79 Å². The first-order chi connectivity index (χ1) is 10.5. The van der Waals surface area contributed by atoms with Gasteiger partial charge in [0.05, 0.1) is 12.3 Å². The summed E-state index contributed by atoms with van der Waals surface area (Å²) in [6.45, 7) is 3.14. The van der Waals surface area contributed by atoms with Crippen LogP contribution in [0.4, 0.5) is 0 Å². The summed E-state index contributed by atoms with van der Waals surface area (Å²) in [6.07, 6.45) is 4.60. The van der Waals surface area contributed by atoms with Crippen molar-refractivity contribution in [3.63, 3.8) is 0 Å². The van der Waals surface area contributed by atoms with Crippen LogP contribution in [0.1, 0.15) is 55.1 Å². The third-order valence-electron chi connectivity index (χ3n) is 4.02. The van der Waals surface area contributed by atoms with Gasteiger partial charge in [0.1, 0.15) is 16.9 Å². The van der Waals surface area contributed by atoms with Crippen LogP contribution in [0.3, 0.4) is 0 Å². The van der Waals surface area contributed by atoms with Crippen molar-refractivity contribution in [3.8, 4) is 6.07 Å². The number of ether oxygens (including phenoxy) is 1. The van der Waals surface area contributed by atoms with Crippen molar-refractivity contribution in [2.45, 2.75) is 57.6 Å². The normalized spacial score (nSPS) is 18.0. The van der Waals surface area contributed by atoms with Crippen molar-refractivity contribution in [1.29, 1.82) is 5.26 Å². The van der Waals surface area contributed by atoms with Crippen molar-refractivity contribution in [2.24, 2.45) is 0 Å². The number of nitrogens with one attached hydrogen (secondary N) is 1. The van der Waals surface area contributed by atoms with Crippen molar-refractivity contribution < 1.29 is 18.7 Å². The fraction of sp³-hybridized carbons (Fsp3) is 0.562. The molecule has 118 valence electrons. The zero-order valence-corrected chi connectivity index (χ0v) is 12.8. The Balaban J connectivity index is 1.96. The number of nitriles is 1. The van der Waals surface area contributed by atoms with Crippen LogP contribution in [0.5, 0.6) is 0 Å². The van der Waals surface area contributed by atoms with E-state index in [-0.39, 0.29) is 0 Å². The van der Waals surface area contributed by atoms with Gasteiger partial charge in [0.2, 0.25) is 0 Å². The molecule has 6 heteroatoms. The minimum absolute atomic E-state index is 0.298. The summed E-state index contributed by atoms with van der Waals surface area (Å²) in [6, 6.07) is 3.71. The van der Waals surface area contributed by atoms with Gasteiger partial charge in [-0.3, -0.25) is 4.79 Å². The second kappa shape index (κ2) is 6.65. The van der Waals surface area contributed by atoms with Crippen LogP contribution in [-0.2, 0) is 9.53 Å². The van der Waals surface area contributed by atoms with Crippen molar-refractivity contribution >= 4 is 11.9 Å². The molecule has 0 spiro atoms. The van der Waals surface area contributed by atoms with E-state index >= 15 is 0 Å². The average molecular weight is 304 g/mol. The topological polar surface area (TPSA) is 92.3 Å². The fourth-order valence-electron chi connectivity index (χ4n) is 2.63. The second-order valence-corrected chi connectivity index (χ2v) is 5.68. The largest absolute Gasteiger partial charge is 0.469 e. The van der Waals surface area contributed by atoms with E-state index < -0.39 is 23.5 Å². The summed E-state index contributed by atoms with van der Waals surface area (Å²) in [7, 11) is 0. The number of carbonyl (C=O) groups is 2. The first-order valence-electron chi connectivity index (χ1n) is 7.46. The molecule has 1 aliphatic carbocycles. The van der Waals surface area contributed by atoms with Crippen LogP contribution in [0, 0.1) is 18.3 Å². The number of esters is 1. The van der Waals surface area contributed by atoms with Gasteiger partial charge in [0.15, 0.2) is 6.10 Å². The summed E-state index contributed by atoms with van der Waals surface area (Å²) in [4.78, 5) is 24.2. The Kier molecular flexibility index (Phi) is 4.86. The van der Waals surface area contributed by atoms with E-state index in [9.17, 15) is 14.9 Å². The molecule has 1 saturated carbocycles. The van der Waals surface area contributed by atoms with Crippen LogP contribution in [0.25, 0.3) is 0 Å². The zero-order chi connectivity index (χ0) is 16.2. The molecule has 1 atom stereocenters. The Morgan fingerprint density at radius 1 is 1.41 bits per heavy atom. The molecule has 0 aromatic carbocycles. The van der Waals surface area contributed by atoms with Crippen LogP contribution >= 0.6 is 0 Å². The highest BCUT2D eigenvalue weighted by Gasteiger charge is 2.35. The van der Waals surface area contributed by atoms with Gasteiger partial charge in [0, 0.05) is 0 Å². The van der Waals surface area contributed by atoms with Gasteiger partial charge < -0.3 is 14.5 Å². The molecule has 2 rings (SSSR count). The van der Waals surface area contributed by atoms with E-state index in [2.05, 4.69) is 11.4 Å². The first kappa shape index (κ1) is 16.1. The van der Waals surface area contributed by atoms with E-state index in [4.69, 9.17) is 9.15 Å². The molecule has 0 saturated heterocycles. The maximum absolute atomic E-state index is 12.2. The molecule has 1 aromatic heterocycles. The Morgan fingerprint density at radius 2 is 2.09 bits per heavy atom. The van der Waals surface area contributed by atoms with Crippen LogP contribution in [-0.4, -0.2) is 23.5 Å². The van der Waals surface area contributed by atoms with Crippen LogP contribution in [0.2, 0.25) is 0 Å². The summed E-state index contributed by atoms with van der Waals surface area (Å²) < 4.78 is 10.2. The summed E-state index contributed by atoms with van der Waals surface area (Å²) in [5.41, 5.74) is -0.533. The fourth-order valence-corrected chi connectivity index (χ4v) is 2.63. The Labute approximate surface area is 129 Å². The van der Waals surface area contributed by atoms with E-state index in [1.165, 1.54) is 19.3 Å². The van der Waals surface area contributed by atoms with Crippen LogP contribution in [0.15, 0.2) is 16.7 Å². The molecular weight excluding hydrogens is 284 g/mol. The number of hydrogen-bond donors (Lipinski definition) is 1. The molecule has 1 heterocycles. The molecule has 1 N–H and O–H groups in total. The zero-order valence-electron chi connectivity index (χ0n) is 12.8. The first-order valence-corrected chi connectivity index (χ1v) is 7.46. The number of furan rings is 1. The standard InChI is InChI=1S/C16H20N2O4/c1-11-13(6-9-21-11)15(20)22-12(2)14(19)18-16(10-17)7-4-3-5-8-16/h6,9,12H,3-5,7-8H2,1-2H3,(H,18,19)/t12-/m0/s1. The quantitative estimate of drug-likeness (QED) is 0.863. The van der Waals surface area contributed by atoms with Gasteiger partial charge in [-0.2, -0.15) is 5.26 Å². The smallest absolute Gasteiger partial charge is 0.342 e. The van der Waals surface area contributed by atoms with Crippen molar-refractivity contribution in [3.05, 3.63) is 23.7 Å². The Morgan fingerprint density at radius 3 is 2.64 bits per heavy atom. The highest BCUT2D eigenvalue weighted by atomic mass is 16.5. The predicted molar refractivity (Wildman–Crippen MR) is 77.9 cm³/mol. The molecule has 6 nitrogen and oxygen atoms in total. The van der Waals surface area contributed by atoms with E-state index in [1.54, 1.807) is 6.92 Å². The van der Waals surface area contributed by atoms with E-state index in [0.29, 0.717) is 24.2 Å². The average Bonchev–Trinajstić information content (AvgIpc) is 2.94. The maximum atomic E-state index is 12.2. The number of aryl methyl sites for hydroxylation is 1. The lowest BCUT2D eigenvalue weighted by Gasteiger charge is -2.32. The SMILES string of the molecule is Cc1occc1C(=O)O[C@@H](C)C(=O)NC1(C#N)CCCCC1. The van der Waals surface area contributed by atoms with Gasteiger partial charge >= 0.3 is 5.97 Å². The summed E-state index contributed by atoms with van der Waals surface area (Å²) in [5, 5.41) is 12.1. The summed E-state index contributed by atoms with van der Waals surface area (Å²) >= 11 is 0. The van der Waals surface area contributed by atoms with Gasteiger partial charge in [-0.05, 0) is 32.8 Å². The lowest BCUT2D eigenvalue weighted by atomic mass is 9.83. The third kappa shape index (κ3) is 3.48. The highest BCUT2D eigenvalue weighted by molar-refractivity contribution is 5.93. The van der Waals surface area contributed by atoms with Gasteiger partial charge in [0.25, 0.3) is 5.91 Å². The Hall–Kier alpha value is -2.29. The van der Waals surface area contributed by atoms with E-state index in [0.717, 1.165) is 19.3 Å². The minimum Gasteiger partial charge on any atom is -0.469 e. The molecule has 1 amide bonds. The van der Waals surface area contributed by atoms with E-state index in [1.807, 2.05) is 0 Å². The molecule has 0 bridgehead atoms. The van der Waals surface area contributed by atoms with Crippen molar-refractivity contribution in [1.82, 2.24) is 5.32 Å². The maximum Gasteiger partial charge on any atom is 0.342 e. The summed E-state index contributed by atoms with van der Waals surface area (Å²) in [5.74, 6) is -0.611. The molecule has 1 fully saturated rings. The third-order valence-corrected chi connectivity index (χ3v) is 4.02. The number of rotatable bonds is 4. The minimum atomic E-state index is -0.964. The number of amides is 1. The molecule has 22 heavy (non-hydrogen) atoms. The van der Waals surface area contributed by atoms with Gasteiger partial charge in [-0.1, -0.05) is 19.3 Å². The molecule has 1 aliphatic rings. The monoisotopic (exact) mass is 304 g/mol. The number of carbonyl (C=O) groups excluding carboxylic acids is 2. The molecule has 1 aromatic rings. The second-order valence-electron chi connectivity index (χ2n) is 5.68. The van der Waals surface area contributed by atoms with Gasteiger partial charge in [-0.15, -0.1) is 0 Å². The molecule has 0 unspecified atom stereocenters. The number of hydrogen-bond acceptors (Lipinski definition) is 5. The molecular formula is C16H20N2O4. The highest BCUT2D eigenvalue weighted by Crippen LogP contribution is 2.27. The predicted octanol–water partition coefficient (Wildman–Crippen LogP) is 2.48. The Bertz CT molecular complexity index is 594. The van der Waals surface area contributed by atoms with Crippen LogP contribution < -0.4 is 5.32 Å². The molecule has 0 radical (unpaired) electrons. The lowest BCUT2D eigenvalue weighted by molar-refractivity contribution is -0.130.